The quantitative estimate of drug-likeness (QED) is 0.743. The summed E-state index contributed by atoms with van der Waals surface area (Å²) in [5, 5.41) is 19.4. The lowest BCUT2D eigenvalue weighted by atomic mass is 9.59. The third-order valence-corrected chi connectivity index (χ3v) is 5.15. The summed E-state index contributed by atoms with van der Waals surface area (Å²) in [7, 11) is 0. The Balaban J connectivity index is 2.28. The van der Waals surface area contributed by atoms with Crippen molar-refractivity contribution in [2.24, 2.45) is 17.3 Å². The first-order valence-corrected chi connectivity index (χ1v) is 6.95. The summed E-state index contributed by atoms with van der Waals surface area (Å²) in [5.41, 5.74) is 2.96. The molecule has 18 heavy (non-hydrogen) atoms. The Morgan fingerprint density at radius 3 is 2.78 bits per heavy atom. The number of rotatable bonds is 2. The molecule has 2 N–H and O–H groups in total. The van der Waals surface area contributed by atoms with Crippen LogP contribution in [-0.2, 0) is 4.79 Å². The molecule has 4 atom stereocenters. The second-order valence-corrected chi connectivity index (χ2v) is 6.44. The van der Waals surface area contributed by atoms with E-state index in [2.05, 4.69) is 13.8 Å². The summed E-state index contributed by atoms with van der Waals surface area (Å²) in [6.07, 6.45) is 4.47. The van der Waals surface area contributed by atoms with Gasteiger partial charge in [0.1, 0.15) is 0 Å². The molecule has 0 bridgehead atoms. The molecule has 3 heteroatoms. The van der Waals surface area contributed by atoms with Crippen molar-refractivity contribution in [1.82, 2.24) is 0 Å². The Bertz CT molecular complexity index is 385. The van der Waals surface area contributed by atoms with Gasteiger partial charge in [-0.15, -0.1) is 0 Å². The topological polar surface area (TPSA) is 57.5 Å². The number of hydrogen-bond acceptors (Lipinski definition) is 2. The van der Waals surface area contributed by atoms with Crippen molar-refractivity contribution >= 4 is 5.97 Å². The number of carboxylic acids is 1. The lowest BCUT2D eigenvalue weighted by molar-refractivity contribution is -0.145. The highest BCUT2D eigenvalue weighted by Gasteiger charge is 2.45. The third-order valence-electron chi connectivity index (χ3n) is 5.15. The van der Waals surface area contributed by atoms with Crippen LogP contribution in [0.3, 0.4) is 0 Å². The van der Waals surface area contributed by atoms with Gasteiger partial charge in [0.25, 0.3) is 0 Å². The number of carboxylic acid groups (broad SMARTS) is 1. The molecule has 0 amide bonds. The smallest absolute Gasteiger partial charge is 0.306 e. The first-order chi connectivity index (χ1) is 8.35. The summed E-state index contributed by atoms with van der Waals surface area (Å²) in [4.78, 5) is 11.1. The molecule has 0 spiro atoms. The third kappa shape index (κ3) is 2.20. The van der Waals surface area contributed by atoms with Gasteiger partial charge in [-0.1, -0.05) is 25.0 Å². The summed E-state index contributed by atoms with van der Waals surface area (Å²) in [6.45, 7) is 6.13. The van der Waals surface area contributed by atoms with Crippen LogP contribution >= 0.6 is 0 Å². The van der Waals surface area contributed by atoms with Gasteiger partial charge in [-0.2, -0.15) is 0 Å². The molecule has 2 aliphatic rings. The number of allylic oxidation sites excluding steroid dienone is 2. The normalized spacial score (nSPS) is 38.2. The number of fused-ring (bicyclic) bond motifs is 1. The van der Waals surface area contributed by atoms with E-state index in [4.69, 9.17) is 5.11 Å². The van der Waals surface area contributed by atoms with Gasteiger partial charge >= 0.3 is 5.97 Å². The van der Waals surface area contributed by atoms with E-state index < -0.39 is 18.0 Å². The highest BCUT2D eigenvalue weighted by atomic mass is 16.4. The summed E-state index contributed by atoms with van der Waals surface area (Å²) in [5.74, 6) is -1.39. The van der Waals surface area contributed by atoms with Gasteiger partial charge in [-0.25, -0.2) is 0 Å². The molecule has 3 nitrogen and oxygen atoms in total. The van der Waals surface area contributed by atoms with E-state index in [0.29, 0.717) is 0 Å². The molecule has 1 fully saturated rings. The van der Waals surface area contributed by atoms with Crippen LogP contribution in [0.25, 0.3) is 0 Å². The standard InChI is InChI=1S/C15H24O3/c1-9-5-4-6-15(3)8-13(16)11(7-12(9)15)10(2)14(17)18/h10-11,13,16H,4-8H2,1-3H3,(H,17,18). The summed E-state index contributed by atoms with van der Waals surface area (Å²) < 4.78 is 0. The maximum absolute atomic E-state index is 11.1. The molecular weight excluding hydrogens is 228 g/mol. The Kier molecular flexibility index (Phi) is 3.54. The molecule has 0 aromatic heterocycles. The lowest BCUT2D eigenvalue weighted by Crippen LogP contribution is -2.43. The Morgan fingerprint density at radius 2 is 2.17 bits per heavy atom. The van der Waals surface area contributed by atoms with Crippen molar-refractivity contribution in [2.75, 3.05) is 0 Å². The molecule has 0 radical (unpaired) electrons. The molecule has 102 valence electrons. The minimum Gasteiger partial charge on any atom is -0.481 e. The van der Waals surface area contributed by atoms with E-state index in [1.54, 1.807) is 6.92 Å². The molecule has 2 aliphatic carbocycles. The number of carbonyl (C=O) groups is 1. The summed E-state index contributed by atoms with van der Waals surface area (Å²) >= 11 is 0. The second kappa shape index (κ2) is 4.69. The zero-order chi connectivity index (χ0) is 13.5. The largest absolute Gasteiger partial charge is 0.481 e. The predicted molar refractivity (Wildman–Crippen MR) is 70.2 cm³/mol. The molecule has 0 aliphatic heterocycles. The van der Waals surface area contributed by atoms with E-state index in [1.807, 2.05) is 0 Å². The van der Waals surface area contributed by atoms with Crippen molar-refractivity contribution in [1.29, 1.82) is 0 Å². The second-order valence-electron chi connectivity index (χ2n) is 6.44. The van der Waals surface area contributed by atoms with Crippen molar-refractivity contribution < 1.29 is 15.0 Å². The molecule has 0 heterocycles. The highest BCUT2D eigenvalue weighted by molar-refractivity contribution is 5.70. The van der Waals surface area contributed by atoms with E-state index >= 15 is 0 Å². The molecule has 1 saturated carbocycles. The van der Waals surface area contributed by atoms with Gasteiger partial charge in [-0.05, 0) is 44.4 Å². The Labute approximate surface area is 109 Å². The van der Waals surface area contributed by atoms with Gasteiger partial charge in [0.15, 0.2) is 0 Å². The van der Waals surface area contributed by atoms with Crippen LogP contribution in [0.15, 0.2) is 11.1 Å². The number of aliphatic hydroxyl groups excluding tert-OH is 1. The lowest BCUT2D eigenvalue weighted by Gasteiger charge is -2.47. The zero-order valence-corrected chi connectivity index (χ0v) is 11.6. The van der Waals surface area contributed by atoms with Gasteiger partial charge in [0.2, 0.25) is 0 Å². The molecule has 0 aromatic rings. The molecule has 4 unspecified atom stereocenters. The fourth-order valence-electron chi connectivity index (χ4n) is 3.88. The Morgan fingerprint density at radius 1 is 1.50 bits per heavy atom. The molecule has 0 aromatic carbocycles. The minimum absolute atomic E-state index is 0.108. The zero-order valence-electron chi connectivity index (χ0n) is 11.6. The Hall–Kier alpha value is -0.830. The fourth-order valence-corrected chi connectivity index (χ4v) is 3.88. The van der Waals surface area contributed by atoms with E-state index in [1.165, 1.54) is 17.6 Å². The van der Waals surface area contributed by atoms with Gasteiger partial charge in [0, 0.05) is 5.92 Å². The average Bonchev–Trinajstić information content (AvgIpc) is 2.26. The molecule has 0 saturated heterocycles. The summed E-state index contributed by atoms with van der Waals surface area (Å²) in [6, 6.07) is 0. The van der Waals surface area contributed by atoms with Crippen LogP contribution in [-0.4, -0.2) is 22.3 Å². The minimum atomic E-state index is -0.795. The van der Waals surface area contributed by atoms with Gasteiger partial charge < -0.3 is 10.2 Å². The average molecular weight is 252 g/mol. The van der Waals surface area contributed by atoms with Gasteiger partial charge in [0.05, 0.1) is 12.0 Å². The van der Waals surface area contributed by atoms with Gasteiger partial charge in [-0.3, -0.25) is 4.79 Å². The first-order valence-electron chi connectivity index (χ1n) is 6.95. The number of hydrogen-bond donors (Lipinski definition) is 2. The maximum Gasteiger partial charge on any atom is 0.306 e. The van der Waals surface area contributed by atoms with Crippen molar-refractivity contribution in [3.05, 3.63) is 11.1 Å². The van der Waals surface area contributed by atoms with E-state index in [0.717, 1.165) is 25.7 Å². The van der Waals surface area contributed by atoms with Crippen LogP contribution in [0, 0.1) is 17.3 Å². The maximum atomic E-state index is 11.1. The fraction of sp³-hybridized carbons (Fsp3) is 0.800. The number of aliphatic carboxylic acids is 1. The van der Waals surface area contributed by atoms with Crippen molar-refractivity contribution in [2.45, 2.75) is 59.0 Å². The van der Waals surface area contributed by atoms with Crippen LogP contribution in [0.2, 0.25) is 0 Å². The van der Waals surface area contributed by atoms with Crippen LogP contribution < -0.4 is 0 Å². The molecular formula is C15H24O3. The van der Waals surface area contributed by atoms with E-state index in [-0.39, 0.29) is 11.3 Å². The van der Waals surface area contributed by atoms with Crippen LogP contribution in [0.4, 0.5) is 0 Å². The van der Waals surface area contributed by atoms with E-state index in [9.17, 15) is 9.90 Å². The van der Waals surface area contributed by atoms with Crippen LogP contribution in [0.5, 0.6) is 0 Å². The molecule has 2 rings (SSSR count). The first kappa shape index (κ1) is 13.6. The van der Waals surface area contributed by atoms with Crippen LogP contribution in [0.1, 0.15) is 52.9 Å². The van der Waals surface area contributed by atoms with Crippen molar-refractivity contribution in [3.8, 4) is 0 Å². The monoisotopic (exact) mass is 252 g/mol. The predicted octanol–water partition coefficient (Wildman–Crippen LogP) is 2.98. The number of aliphatic hydroxyl groups is 1. The highest BCUT2D eigenvalue weighted by Crippen LogP contribution is 2.52. The van der Waals surface area contributed by atoms with Crippen molar-refractivity contribution in [3.63, 3.8) is 0 Å². The SMILES string of the molecule is CC1=C2CC(C(C)C(=O)O)C(O)CC2(C)CCC1.